The van der Waals surface area contributed by atoms with Crippen LogP contribution in [-0.2, 0) is 11.2 Å². The number of likely N-dealkylation sites (N-methyl/N-ethyl adjacent to an activating group) is 1. The summed E-state index contributed by atoms with van der Waals surface area (Å²) in [6, 6.07) is 14.3. The number of carbonyl (C=O) groups excluding carboxylic acids is 1. The van der Waals surface area contributed by atoms with Crippen molar-refractivity contribution in [3.05, 3.63) is 59.7 Å². The minimum absolute atomic E-state index is 0.0533. The summed E-state index contributed by atoms with van der Waals surface area (Å²) in [5, 5.41) is 9.27. The number of rotatable bonds is 6. The average molecular weight is 339 g/mol. The molecule has 1 heterocycles. The van der Waals surface area contributed by atoms with Crippen molar-refractivity contribution in [3.63, 3.8) is 0 Å². The number of hydrogen-bond acceptors (Lipinski definition) is 6. The molecule has 1 unspecified atom stereocenters. The predicted molar refractivity (Wildman–Crippen MR) is 94.3 cm³/mol. The van der Waals surface area contributed by atoms with E-state index in [1.54, 1.807) is 13.8 Å². The Morgan fingerprint density at radius 3 is 2.68 bits per heavy atom. The van der Waals surface area contributed by atoms with Crippen LogP contribution in [0.15, 0.2) is 47.0 Å². The smallest absolute Gasteiger partial charge is 0.380 e. The first-order valence-corrected chi connectivity index (χ1v) is 8.26. The number of ether oxygens (including phenoxy) is 1. The van der Waals surface area contributed by atoms with Crippen molar-refractivity contribution >= 4 is 16.7 Å². The van der Waals surface area contributed by atoms with Crippen LogP contribution in [0, 0.1) is 0 Å². The largest absolute Gasteiger partial charge is 0.457 e. The molecule has 6 nitrogen and oxygen atoms in total. The van der Waals surface area contributed by atoms with E-state index in [9.17, 15) is 4.79 Å². The zero-order valence-corrected chi connectivity index (χ0v) is 14.5. The van der Waals surface area contributed by atoms with Crippen molar-refractivity contribution < 1.29 is 14.1 Å². The second-order valence-corrected chi connectivity index (χ2v) is 6.14. The highest BCUT2D eigenvalue weighted by Crippen LogP contribution is 2.21. The summed E-state index contributed by atoms with van der Waals surface area (Å²) in [4.78, 5) is 16.0. The normalized spacial score (nSPS) is 12.5. The van der Waals surface area contributed by atoms with Gasteiger partial charge < -0.3 is 14.6 Å². The number of carbonyl (C=O) groups is 1. The van der Waals surface area contributed by atoms with Crippen LogP contribution in [0.25, 0.3) is 10.8 Å². The summed E-state index contributed by atoms with van der Waals surface area (Å²) in [5.74, 6) is -0.264. The van der Waals surface area contributed by atoms with Crippen molar-refractivity contribution in [1.82, 2.24) is 15.5 Å². The summed E-state index contributed by atoms with van der Waals surface area (Å²) >= 11 is 0. The fraction of sp³-hybridized carbons (Fsp3) is 0.316. The zero-order valence-electron chi connectivity index (χ0n) is 14.5. The van der Waals surface area contributed by atoms with Gasteiger partial charge in [-0.1, -0.05) is 42.5 Å². The number of nitrogens with zero attached hydrogens (tertiary/aromatic N) is 2. The van der Waals surface area contributed by atoms with E-state index < -0.39 is 5.97 Å². The molecule has 0 fully saturated rings. The first-order chi connectivity index (χ1) is 12.1. The molecule has 0 saturated carbocycles. The Kier molecular flexibility index (Phi) is 5.09. The molecule has 1 N–H and O–H groups in total. The van der Waals surface area contributed by atoms with Crippen molar-refractivity contribution in [2.24, 2.45) is 0 Å². The number of benzene rings is 2. The van der Waals surface area contributed by atoms with Gasteiger partial charge in [0.15, 0.2) is 0 Å². The van der Waals surface area contributed by atoms with E-state index in [1.807, 2.05) is 19.2 Å². The summed E-state index contributed by atoms with van der Waals surface area (Å²) in [6.07, 6.45) is 0.439. The molecule has 0 aliphatic rings. The topological polar surface area (TPSA) is 77.2 Å². The van der Waals surface area contributed by atoms with E-state index in [2.05, 4.69) is 45.8 Å². The van der Waals surface area contributed by atoms with E-state index in [0.29, 0.717) is 12.3 Å². The maximum atomic E-state index is 11.9. The summed E-state index contributed by atoms with van der Waals surface area (Å²) in [5.41, 5.74) is 1.14. The lowest BCUT2D eigenvalue weighted by atomic mass is 10.0. The summed E-state index contributed by atoms with van der Waals surface area (Å²) in [7, 11) is 1.82. The van der Waals surface area contributed by atoms with Crippen LogP contribution in [0.4, 0.5) is 0 Å². The van der Waals surface area contributed by atoms with Gasteiger partial charge in [0, 0.05) is 0 Å². The van der Waals surface area contributed by atoms with Crippen LogP contribution in [0.1, 0.15) is 42.0 Å². The van der Waals surface area contributed by atoms with Gasteiger partial charge in [0.2, 0.25) is 5.89 Å². The van der Waals surface area contributed by atoms with Crippen LogP contribution < -0.4 is 5.32 Å². The van der Waals surface area contributed by atoms with Crippen molar-refractivity contribution in [2.75, 3.05) is 7.05 Å². The van der Waals surface area contributed by atoms with Crippen molar-refractivity contribution in [1.29, 1.82) is 0 Å². The minimum atomic E-state index is -0.578. The molecule has 0 radical (unpaired) electrons. The highest BCUT2D eigenvalue weighted by Gasteiger charge is 2.22. The van der Waals surface area contributed by atoms with Crippen LogP contribution in [0.5, 0.6) is 0 Å². The predicted octanol–water partition coefficient (Wildman–Crippen LogP) is 3.29. The lowest BCUT2D eigenvalue weighted by Gasteiger charge is -2.12. The molecule has 0 spiro atoms. The van der Waals surface area contributed by atoms with Gasteiger partial charge in [0.1, 0.15) is 0 Å². The summed E-state index contributed by atoms with van der Waals surface area (Å²) in [6.45, 7) is 3.55. The Balaban J connectivity index is 1.77. The van der Waals surface area contributed by atoms with Crippen molar-refractivity contribution in [3.8, 4) is 0 Å². The average Bonchev–Trinajstić information content (AvgIpc) is 3.09. The second kappa shape index (κ2) is 7.44. The molecule has 0 aliphatic heterocycles. The molecule has 0 saturated heterocycles. The molecule has 0 bridgehead atoms. The minimum Gasteiger partial charge on any atom is -0.457 e. The van der Waals surface area contributed by atoms with Gasteiger partial charge in [0.25, 0.3) is 5.82 Å². The molecule has 6 heteroatoms. The molecule has 25 heavy (non-hydrogen) atoms. The fourth-order valence-electron chi connectivity index (χ4n) is 2.64. The third kappa shape index (κ3) is 4.03. The lowest BCUT2D eigenvalue weighted by molar-refractivity contribution is 0.0360. The first-order valence-electron chi connectivity index (χ1n) is 8.26. The maximum Gasteiger partial charge on any atom is 0.380 e. The molecule has 3 rings (SSSR count). The third-order valence-electron chi connectivity index (χ3n) is 3.87. The Morgan fingerprint density at radius 1 is 1.20 bits per heavy atom. The monoisotopic (exact) mass is 339 g/mol. The number of nitrogens with one attached hydrogen (secondary N) is 1. The highest BCUT2D eigenvalue weighted by atomic mass is 16.5. The third-order valence-corrected chi connectivity index (χ3v) is 3.87. The van der Waals surface area contributed by atoms with Crippen LogP contribution >= 0.6 is 0 Å². The van der Waals surface area contributed by atoms with Gasteiger partial charge in [-0.05, 0) is 48.8 Å². The molecule has 0 amide bonds. The van der Waals surface area contributed by atoms with Crippen LogP contribution in [0.3, 0.4) is 0 Å². The zero-order chi connectivity index (χ0) is 17.8. The number of aromatic nitrogens is 2. The van der Waals surface area contributed by atoms with Gasteiger partial charge in [-0.2, -0.15) is 4.98 Å². The molecule has 2 aromatic carbocycles. The van der Waals surface area contributed by atoms with Gasteiger partial charge in [0.05, 0.1) is 12.1 Å². The standard InChI is InChI=1S/C19H21N3O3/c1-12(2)24-19(23)17-21-18(25-22-17)16(20-3)11-13-8-9-14-6-4-5-7-15(14)10-13/h4-10,12,16,20H,11H2,1-3H3. The van der Waals surface area contributed by atoms with Gasteiger partial charge in [-0.15, -0.1) is 0 Å². The Hall–Kier alpha value is -2.73. The Labute approximate surface area is 146 Å². The van der Waals surface area contributed by atoms with Gasteiger partial charge in [-0.25, -0.2) is 4.79 Å². The van der Waals surface area contributed by atoms with E-state index in [4.69, 9.17) is 9.26 Å². The second-order valence-electron chi connectivity index (χ2n) is 6.14. The number of hydrogen-bond donors (Lipinski definition) is 1. The highest BCUT2D eigenvalue weighted by molar-refractivity contribution is 5.85. The molecule has 3 aromatic rings. The number of esters is 1. The maximum absolute atomic E-state index is 11.9. The van der Waals surface area contributed by atoms with Crippen molar-refractivity contribution in [2.45, 2.75) is 32.4 Å². The lowest BCUT2D eigenvalue weighted by Crippen LogP contribution is -2.19. The van der Waals surface area contributed by atoms with Crippen LogP contribution in [-0.4, -0.2) is 29.3 Å². The Bertz CT molecular complexity index is 873. The van der Waals surface area contributed by atoms with Gasteiger partial charge in [-0.3, -0.25) is 0 Å². The molecule has 0 aliphatic carbocycles. The molecule has 130 valence electrons. The molecule has 1 aromatic heterocycles. The molecular weight excluding hydrogens is 318 g/mol. The van der Waals surface area contributed by atoms with Crippen LogP contribution in [0.2, 0.25) is 0 Å². The number of fused-ring (bicyclic) bond motifs is 1. The Morgan fingerprint density at radius 2 is 1.96 bits per heavy atom. The first kappa shape index (κ1) is 17.1. The molecule has 1 atom stereocenters. The quantitative estimate of drug-likeness (QED) is 0.694. The van der Waals surface area contributed by atoms with E-state index in [1.165, 1.54) is 10.8 Å². The SMILES string of the molecule is CNC(Cc1ccc2ccccc2c1)c1nc(C(=O)OC(C)C)no1. The van der Waals surface area contributed by atoms with E-state index >= 15 is 0 Å². The fourth-order valence-corrected chi connectivity index (χ4v) is 2.64. The van der Waals surface area contributed by atoms with E-state index in [0.717, 1.165) is 5.56 Å². The molecular formula is C19H21N3O3. The van der Waals surface area contributed by atoms with E-state index in [-0.39, 0.29) is 18.0 Å². The summed E-state index contributed by atoms with van der Waals surface area (Å²) < 4.78 is 10.3. The van der Waals surface area contributed by atoms with Gasteiger partial charge >= 0.3 is 5.97 Å².